The Morgan fingerprint density at radius 2 is 1.64 bits per heavy atom. The maximum absolute atomic E-state index is 13.8. The Morgan fingerprint density at radius 3 is 2.36 bits per heavy atom. The number of fused-ring (bicyclic) bond motifs is 2. The number of hydrogen-bond acceptors (Lipinski definition) is 5. The molecular formula is C27H41FN4O. The maximum Gasteiger partial charge on any atom is 0.149 e. The van der Waals surface area contributed by atoms with Gasteiger partial charge in [0.1, 0.15) is 11.6 Å². The number of ether oxygens (including phenoxy) is 1. The highest BCUT2D eigenvalue weighted by Gasteiger charge is 2.36. The minimum absolute atomic E-state index is 0. The summed E-state index contributed by atoms with van der Waals surface area (Å²) in [6, 6.07) is 6.68. The van der Waals surface area contributed by atoms with Crippen molar-refractivity contribution in [1.82, 2.24) is 15.1 Å². The summed E-state index contributed by atoms with van der Waals surface area (Å²) in [6.07, 6.45) is 11.1. The van der Waals surface area contributed by atoms with Crippen LogP contribution >= 0.6 is 0 Å². The van der Waals surface area contributed by atoms with E-state index in [1.54, 1.807) is 12.1 Å². The molecule has 3 heterocycles. The number of nitrogens with two attached hydrogens (primary N) is 1. The molecule has 5 nitrogen and oxygen atoms in total. The van der Waals surface area contributed by atoms with Crippen LogP contribution in [0.15, 0.2) is 24.3 Å². The molecule has 6 heteroatoms. The second-order valence-corrected chi connectivity index (χ2v) is 10.3. The van der Waals surface area contributed by atoms with Crippen molar-refractivity contribution < 1.29 is 12.0 Å². The molecule has 0 bridgehead atoms. The average molecular weight is 457 g/mol. The van der Waals surface area contributed by atoms with Gasteiger partial charge in [-0.05, 0) is 86.8 Å². The van der Waals surface area contributed by atoms with Gasteiger partial charge in [0, 0.05) is 46.8 Å². The number of nitrogen functional groups attached to an aromatic ring is 1. The van der Waals surface area contributed by atoms with Crippen LogP contribution in [0.4, 0.5) is 10.2 Å². The Labute approximate surface area is 199 Å². The molecule has 4 aliphatic rings. The average Bonchev–Trinajstić information content (AvgIpc) is 3.43. The number of rotatable bonds is 3. The van der Waals surface area contributed by atoms with Crippen LogP contribution in [0.25, 0.3) is 11.3 Å². The van der Waals surface area contributed by atoms with Gasteiger partial charge < -0.3 is 15.4 Å². The molecule has 182 valence electrons. The van der Waals surface area contributed by atoms with Crippen LogP contribution < -0.4 is 5.73 Å². The molecule has 6 rings (SSSR count). The molecule has 2 atom stereocenters. The molecule has 1 aromatic carbocycles. The molecule has 1 aromatic heterocycles. The van der Waals surface area contributed by atoms with Gasteiger partial charge in [0.25, 0.3) is 0 Å². The van der Waals surface area contributed by atoms with Crippen molar-refractivity contribution >= 4 is 5.82 Å². The van der Waals surface area contributed by atoms with Gasteiger partial charge in [-0.1, -0.05) is 18.6 Å². The maximum atomic E-state index is 13.8. The van der Waals surface area contributed by atoms with Gasteiger partial charge in [0.05, 0.1) is 5.69 Å². The van der Waals surface area contributed by atoms with Crippen LogP contribution in [0.1, 0.15) is 58.9 Å². The lowest BCUT2D eigenvalue weighted by atomic mass is 9.89. The van der Waals surface area contributed by atoms with Crippen molar-refractivity contribution in [3.63, 3.8) is 0 Å². The third-order valence-electron chi connectivity index (χ3n) is 8.11. The summed E-state index contributed by atoms with van der Waals surface area (Å²) in [5, 5.41) is 8.08. The van der Waals surface area contributed by atoms with Gasteiger partial charge in [-0.2, -0.15) is 0 Å². The molecule has 2 aromatic rings. The van der Waals surface area contributed by atoms with Crippen molar-refractivity contribution in [2.45, 2.75) is 57.8 Å². The first-order valence-electron chi connectivity index (χ1n) is 12.9. The van der Waals surface area contributed by atoms with Crippen LogP contribution in [0, 0.1) is 23.6 Å². The number of benzene rings is 1. The molecule has 1 unspecified atom stereocenters. The van der Waals surface area contributed by atoms with Crippen LogP contribution in [-0.2, 0) is 17.6 Å². The zero-order chi connectivity index (χ0) is 22.6. The Morgan fingerprint density at radius 1 is 0.939 bits per heavy atom. The summed E-state index contributed by atoms with van der Waals surface area (Å²) < 4.78 is 19.3. The predicted octanol–water partition coefficient (Wildman–Crippen LogP) is 5.38. The third-order valence-corrected chi connectivity index (χ3v) is 8.11. The van der Waals surface area contributed by atoms with Gasteiger partial charge in [0.15, 0.2) is 0 Å². The van der Waals surface area contributed by atoms with Crippen molar-refractivity contribution in [2.24, 2.45) is 17.8 Å². The quantitative estimate of drug-likeness (QED) is 0.672. The van der Waals surface area contributed by atoms with Crippen LogP contribution in [-0.4, -0.2) is 47.9 Å². The molecule has 0 spiro atoms. The Kier molecular flexibility index (Phi) is 7.21. The standard InChI is InChI=1S/C14H14FN3.C13H23NO.2H2/c15-12-8-4-3-7-11(12)13-9-5-1-2-6-10(9)14(16)18-17-13;1-2-12-9-14(10-13(12)3-1)8-11-4-6-15-7-5-11;;/h3-4,7-8H,1-2,5-6H2,(H2,16,18);11-13H,1-10H2;2*1H/t;12-,13?;;/m.1../s1. The lowest BCUT2D eigenvalue weighted by Crippen LogP contribution is -2.31. The Balaban J connectivity index is 0.000000187. The third kappa shape index (κ3) is 5.22. The van der Waals surface area contributed by atoms with E-state index >= 15 is 0 Å². The highest BCUT2D eigenvalue weighted by atomic mass is 19.1. The minimum atomic E-state index is -0.260. The van der Waals surface area contributed by atoms with E-state index in [2.05, 4.69) is 15.1 Å². The topological polar surface area (TPSA) is 64.3 Å². The van der Waals surface area contributed by atoms with Crippen molar-refractivity contribution in [2.75, 3.05) is 38.6 Å². The second kappa shape index (κ2) is 10.5. The largest absolute Gasteiger partial charge is 0.382 e. The number of hydrogen-bond donors (Lipinski definition) is 1. The van der Waals surface area contributed by atoms with Crippen molar-refractivity contribution in [3.8, 4) is 11.3 Å². The Bertz CT molecular complexity index is 945. The van der Waals surface area contributed by atoms with Crippen molar-refractivity contribution in [1.29, 1.82) is 0 Å². The zero-order valence-electron chi connectivity index (χ0n) is 19.6. The number of aromatic nitrogens is 2. The van der Waals surface area contributed by atoms with E-state index in [0.29, 0.717) is 17.1 Å². The van der Waals surface area contributed by atoms with Gasteiger partial charge in [-0.3, -0.25) is 0 Å². The lowest BCUT2D eigenvalue weighted by Gasteiger charge is -2.27. The van der Waals surface area contributed by atoms with Crippen LogP contribution in [0.3, 0.4) is 0 Å². The second-order valence-electron chi connectivity index (χ2n) is 10.3. The molecule has 2 N–H and O–H groups in total. The molecule has 2 saturated heterocycles. The number of halogens is 1. The first kappa shape index (κ1) is 22.7. The molecule has 0 radical (unpaired) electrons. The highest BCUT2D eigenvalue weighted by molar-refractivity contribution is 5.67. The smallest absolute Gasteiger partial charge is 0.149 e. The van der Waals surface area contributed by atoms with Gasteiger partial charge >= 0.3 is 0 Å². The van der Waals surface area contributed by atoms with Crippen LogP contribution in [0.5, 0.6) is 0 Å². The molecule has 3 fully saturated rings. The molecule has 2 aliphatic heterocycles. The molecule has 1 saturated carbocycles. The predicted molar refractivity (Wildman–Crippen MR) is 134 cm³/mol. The fourth-order valence-corrected chi connectivity index (χ4v) is 6.32. The van der Waals surface area contributed by atoms with E-state index < -0.39 is 0 Å². The fraction of sp³-hybridized carbons (Fsp3) is 0.630. The van der Waals surface area contributed by atoms with Crippen molar-refractivity contribution in [3.05, 3.63) is 41.2 Å². The van der Waals surface area contributed by atoms with Crippen LogP contribution in [0.2, 0.25) is 0 Å². The van der Waals surface area contributed by atoms with E-state index in [-0.39, 0.29) is 8.67 Å². The van der Waals surface area contributed by atoms with Gasteiger partial charge in [-0.15, -0.1) is 10.2 Å². The summed E-state index contributed by atoms with van der Waals surface area (Å²) in [5.74, 6) is 3.28. The van der Waals surface area contributed by atoms with Gasteiger partial charge in [-0.25, -0.2) is 4.39 Å². The molecule has 33 heavy (non-hydrogen) atoms. The fourth-order valence-electron chi connectivity index (χ4n) is 6.32. The number of likely N-dealkylation sites (tertiary alicyclic amines) is 1. The number of nitrogens with zero attached hydrogens (tertiary/aromatic N) is 3. The Hall–Kier alpha value is -2.05. The van der Waals surface area contributed by atoms with E-state index in [0.717, 1.165) is 67.8 Å². The SMILES string of the molecule is C1CC2CN(CC3CCOCC3)C[C@H]2C1.Nc1nnc(-c2ccccc2F)c2c1CCCC2.[HH].[HH]. The number of anilines is 1. The monoisotopic (exact) mass is 456 g/mol. The summed E-state index contributed by atoms with van der Waals surface area (Å²) in [6.45, 7) is 6.18. The van der Waals surface area contributed by atoms with E-state index in [9.17, 15) is 4.39 Å². The summed E-state index contributed by atoms with van der Waals surface area (Å²) in [5.41, 5.74) is 9.14. The summed E-state index contributed by atoms with van der Waals surface area (Å²) in [7, 11) is 0. The first-order chi connectivity index (χ1) is 16.2. The van der Waals surface area contributed by atoms with E-state index in [1.165, 1.54) is 57.8 Å². The lowest BCUT2D eigenvalue weighted by molar-refractivity contribution is 0.0546. The zero-order valence-corrected chi connectivity index (χ0v) is 19.6. The van der Waals surface area contributed by atoms with Gasteiger partial charge in [0.2, 0.25) is 0 Å². The normalized spacial score (nSPS) is 25.2. The summed E-state index contributed by atoms with van der Waals surface area (Å²) in [4.78, 5) is 2.74. The first-order valence-corrected chi connectivity index (χ1v) is 12.9. The minimum Gasteiger partial charge on any atom is -0.382 e. The molecule has 2 aliphatic carbocycles. The van der Waals surface area contributed by atoms with E-state index in [4.69, 9.17) is 10.5 Å². The molecular weight excluding hydrogens is 415 g/mol. The molecule has 0 amide bonds. The summed E-state index contributed by atoms with van der Waals surface area (Å²) >= 11 is 0. The highest BCUT2D eigenvalue weighted by Crippen LogP contribution is 2.38. The van der Waals surface area contributed by atoms with E-state index in [1.807, 2.05) is 6.07 Å².